The van der Waals surface area contributed by atoms with Gasteiger partial charge < -0.3 is 14.4 Å². The summed E-state index contributed by atoms with van der Waals surface area (Å²) in [6, 6.07) is 6.71. The topological polar surface area (TPSA) is 70.8 Å². The van der Waals surface area contributed by atoms with E-state index < -0.39 is 17.2 Å². The Balaban J connectivity index is 0.00000233. The van der Waals surface area contributed by atoms with Crippen molar-refractivity contribution >= 4 is 29.5 Å². The van der Waals surface area contributed by atoms with Crippen molar-refractivity contribution in [3.05, 3.63) is 89.7 Å². The number of furan rings is 1. The molecule has 0 saturated carbocycles. The molecule has 0 aliphatic heterocycles. The highest BCUT2D eigenvalue weighted by Crippen LogP contribution is 2.34. The Bertz CT molecular complexity index is 933. The van der Waals surface area contributed by atoms with Crippen molar-refractivity contribution in [2.24, 2.45) is 0 Å². The molecular formula is C24H27ClFNO4. The van der Waals surface area contributed by atoms with Crippen molar-refractivity contribution in [1.82, 2.24) is 0 Å². The van der Waals surface area contributed by atoms with Crippen LogP contribution in [0.15, 0.2) is 76.9 Å². The minimum Gasteiger partial charge on any atom is -0.461 e. The van der Waals surface area contributed by atoms with Gasteiger partial charge in [0.1, 0.15) is 5.82 Å². The van der Waals surface area contributed by atoms with E-state index in [9.17, 15) is 19.1 Å². The van der Waals surface area contributed by atoms with Crippen molar-refractivity contribution in [1.29, 1.82) is 0 Å². The first kappa shape index (κ1) is 26.1. The van der Waals surface area contributed by atoms with Crippen molar-refractivity contribution in [3.8, 4) is 0 Å². The van der Waals surface area contributed by atoms with Crippen LogP contribution in [0.1, 0.15) is 43.3 Å². The van der Waals surface area contributed by atoms with E-state index >= 15 is 0 Å². The van der Waals surface area contributed by atoms with Crippen molar-refractivity contribution < 1.29 is 23.5 Å². The van der Waals surface area contributed by atoms with E-state index in [0.29, 0.717) is 11.4 Å². The SMILES string of the molecule is C=C/C(Cl)=C\C=C\CN(C=O)c1ccc(F)cc1C(C)(O)CC(=O)c1ccco1.CC. The average Bonchev–Trinajstić information content (AvgIpc) is 3.30. The number of hydrogen-bond donors (Lipinski definition) is 1. The maximum Gasteiger partial charge on any atom is 0.214 e. The Morgan fingerprint density at radius 3 is 2.65 bits per heavy atom. The Hall–Kier alpha value is -2.96. The number of nitrogens with zero attached hydrogens (tertiary/aromatic N) is 1. The zero-order valence-corrected chi connectivity index (χ0v) is 18.6. The van der Waals surface area contributed by atoms with E-state index in [1.54, 1.807) is 24.3 Å². The molecule has 0 fully saturated rings. The molecule has 31 heavy (non-hydrogen) atoms. The standard InChI is InChI=1S/C22H21ClFNO4.C2H6/c1-3-16(23)7-4-5-11-25(15-26)19-10-9-17(24)13-18(19)22(2,28)14-20(27)21-8-6-12-29-21;1-2/h3-10,12-13,15,28H,1,11,14H2,2H3;1-2H3/b5-4+,16-7+;. The minimum absolute atomic E-state index is 0.0873. The van der Waals surface area contributed by atoms with Gasteiger partial charge in [-0.15, -0.1) is 0 Å². The number of benzene rings is 1. The third-order valence-corrected chi connectivity index (χ3v) is 4.45. The molecule has 0 aliphatic rings. The largest absolute Gasteiger partial charge is 0.461 e. The average molecular weight is 448 g/mol. The highest BCUT2D eigenvalue weighted by Gasteiger charge is 2.32. The number of carbonyl (C=O) groups excluding carboxylic acids is 2. The Morgan fingerprint density at radius 1 is 1.35 bits per heavy atom. The molecular weight excluding hydrogens is 421 g/mol. The molecule has 1 N–H and O–H groups in total. The number of Topliss-reactive ketones (excluding diaryl/α,β-unsaturated/α-hetero) is 1. The van der Waals surface area contributed by atoms with E-state index in [4.69, 9.17) is 16.0 Å². The number of halogens is 2. The zero-order chi connectivity index (χ0) is 23.4. The summed E-state index contributed by atoms with van der Waals surface area (Å²) in [6.45, 7) is 9.06. The lowest BCUT2D eigenvalue weighted by molar-refractivity contribution is -0.107. The number of allylic oxidation sites excluding steroid dienone is 4. The first-order valence-corrected chi connectivity index (χ1v) is 10.1. The van der Waals surface area contributed by atoms with E-state index in [1.165, 1.54) is 42.4 Å². The molecule has 5 nitrogen and oxygen atoms in total. The number of carbonyl (C=O) groups is 2. The van der Waals surface area contributed by atoms with Gasteiger partial charge in [-0.1, -0.05) is 50.3 Å². The lowest BCUT2D eigenvalue weighted by Gasteiger charge is -2.29. The van der Waals surface area contributed by atoms with Crippen LogP contribution in [0.4, 0.5) is 10.1 Å². The summed E-state index contributed by atoms with van der Waals surface area (Å²) >= 11 is 5.82. The fourth-order valence-corrected chi connectivity index (χ4v) is 2.80. The molecule has 0 spiro atoms. The van der Waals surface area contributed by atoms with Gasteiger partial charge in [-0.3, -0.25) is 9.59 Å². The van der Waals surface area contributed by atoms with Gasteiger partial charge in [0.25, 0.3) is 0 Å². The molecule has 2 aromatic rings. The molecule has 2 rings (SSSR count). The van der Waals surface area contributed by atoms with Gasteiger partial charge in [0.05, 0.1) is 11.9 Å². The minimum atomic E-state index is -1.74. The van der Waals surface area contributed by atoms with Gasteiger partial charge in [0.2, 0.25) is 12.2 Å². The molecule has 0 saturated heterocycles. The van der Waals surface area contributed by atoms with Crippen LogP contribution in [-0.2, 0) is 10.4 Å². The summed E-state index contributed by atoms with van der Waals surface area (Å²) in [6.07, 6.45) is 7.93. The van der Waals surface area contributed by atoms with Crippen LogP contribution in [0.3, 0.4) is 0 Å². The molecule has 1 unspecified atom stereocenters. The van der Waals surface area contributed by atoms with Crippen LogP contribution in [0.2, 0.25) is 0 Å². The molecule has 1 atom stereocenters. The first-order chi connectivity index (χ1) is 14.8. The summed E-state index contributed by atoms with van der Waals surface area (Å²) in [4.78, 5) is 25.3. The van der Waals surface area contributed by atoms with Gasteiger partial charge in [0, 0.05) is 29.2 Å². The third kappa shape index (κ3) is 7.66. The Morgan fingerprint density at radius 2 is 2.06 bits per heavy atom. The van der Waals surface area contributed by atoms with Crippen LogP contribution in [0, 0.1) is 5.82 Å². The van der Waals surface area contributed by atoms with Gasteiger partial charge in [-0.2, -0.15) is 0 Å². The van der Waals surface area contributed by atoms with Crippen LogP contribution in [-0.4, -0.2) is 23.8 Å². The summed E-state index contributed by atoms with van der Waals surface area (Å²) in [7, 11) is 0. The predicted molar refractivity (Wildman–Crippen MR) is 122 cm³/mol. The van der Waals surface area contributed by atoms with E-state index in [0.717, 1.165) is 6.07 Å². The Kier molecular flexibility index (Phi) is 10.7. The summed E-state index contributed by atoms with van der Waals surface area (Å²) in [5.74, 6) is -0.960. The highest BCUT2D eigenvalue weighted by molar-refractivity contribution is 6.31. The molecule has 0 radical (unpaired) electrons. The predicted octanol–water partition coefficient (Wildman–Crippen LogP) is 5.75. The molecule has 0 aliphatic carbocycles. The quantitative estimate of drug-likeness (QED) is 0.286. The second-order valence-electron chi connectivity index (χ2n) is 6.45. The van der Waals surface area contributed by atoms with E-state index in [-0.39, 0.29) is 30.0 Å². The molecule has 1 heterocycles. The van der Waals surface area contributed by atoms with Gasteiger partial charge >= 0.3 is 0 Å². The summed E-state index contributed by atoms with van der Waals surface area (Å²) < 4.78 is 19.0. The second kappa shape index (κ2) is 12.7. The molecule has 166 valence electrons. The maximum absolute atomic E-state index is 13.9. The summed E-state index contributed by atoms with van der Waals surface area (Å²) in [5, 5.41) is 11.4. The van der Waals surface area contributed by atoms with Crippen LogP contribution in [0.5, 0.6) is 0 Å². The monoisotopic (exact) mass is 447 g/mol. The van der Waals surface area contributed by atoms with Crippen LogP contribution < -0.4 is 4.90 Å². The van der Waals surface area contributed by atoms with Crippen molar-refractivity contribution in [3.63, 3.8) is 0 Å². The second-order valence-corrected chi connectivity index (χ2v) is 6.89. The fraction of sp³-hybridized carbons (Fsp3) is 0.250. The van der Waals surface area contributed by atoms with E-state index in [2.05, 4.69) is 6.58 Å². The van der Waals surface area contributed by atoms with Crippen molar-refractivity contribution in [2.45, 2.75) is 32.8 Å². The normalized spacial score (nSPS) is 13.2. The summed E-state index contributed by atoms with van der Waals surface area (Å²) in [5.41, 5.74) is -1.35. The lowest BCUT2D eigenvalue weighted by atomic mass is 9.88. The number of hydrogen-bond acceptors (Lipinski definition) is 4. The van der Waals surface area contributed by atoms with Crippen LogP contribution >= 0.6 is 11.6 Å². The van der Waals surface area contributed by atoms with Crippen LogP contribution in [0.25, 0.3) is 0 Å². The lowest BCUT2D eigenvalue weighted by Crippen LogP contribution is -2.30. The number of anilines is 1. The molecule has 1 aromatic heterocycles. The number of aliphatic hydroxyl groups is 1. The zero-order valence-electron chi connectivity index (χ0n) is 17.8. The number of ketones is 1. The van der Waals surface area contributed by atoms with E-state index in [1.807, 2.05) is 13.8 Å². The number of amides is 1. The third-order valence-electron chi connectivity index (χ3n) is 4.16. The smallest absolute Gasteiger partial charge is 0.214 e. The van der Waals surface area contributed by atoms with Crippen molar-refractivity contribution in [2.75, 3.05) is 11.4 Å². The molecule has 0 bridgehead atoms. The molecule has 7 heteroatoms. The first-order valence-electron chi connectivity index (χ1n) is 9.74. The van der Waals surface area contributed by atoms with Gasteiger partial charge in [0.15, 0.2) is 5.76 Å². The maximum atomic E-state index is 13.9. The molecule has 1 aromatic carbocycles. The van der Waals surface area contributed by atoms with Gasteiger partial charge in [-0.25, -0.2) is 4.39 Å². The number of rotatable bonds is 10. The highest BCUT2D eigenvalue weighted by atomic mass is 35.5. The molecule has 1 amide bonds. The Labute approximate surface area is 187 Å². The fourth-order valence-electron chi connectivity index (χ4n) is 2.72. The van der Waals surface area contributed by atoms with Gasteiger partial charge in [-0.05, 0) is 43.3 Å².